The lowest BCUT2D eigenvalue weighted by atomic mass is 10.2. The molecule has 0 spiro atoms. The Hall–Kier alpha value is -1.69. The van der Waals surface area contributed by atoms with E-state index in [9.17, 15) is 4.79 Å². The van der Waals surface area contributed by atoms with E-state index in [-0.39, 0.29) is 11.8 Å². The zero-order chi connectivity index (χ0) is 13.0. The van der Waals surface area contributed by atoms with E-state index in [1.165, 1.54) is 11.8 Å². The summed E-state index contributed by atoms with van der Waals surface area (Å²) in [6.45, 7) is 4.00. The number of hydrogen-bond acceptors (Lipinski definition) is 5. The number of rotatable bonds is 5. The first-order valence-electron chi connectivity index (χ1n) is 5.67. The maximum Gasteiger partial charge on any atom is 0.209 e. The molecule has 0 aliphatic rings. The maximum atomic E-state index is 11.9. The van der Waals surface area contributed by atoms with Gasteiger partial charge in [0, 0.05) is 5.56 Å². The van der Waals surface area contributed by atoms with E-state index in [0.717, 1.165) is 0 Å². The van der Waals surface area contributed by atoms with Gasteiger partial charge in [0.1, 0.15) is 0 Å². The third kappa shape index (κ3) is 2.95. The van der Waals surface area contributed by atoms with E-state index in [2.05, 4.69) is 15.5 Å². The van der Waals surface area contributed by atoms with Crippen LogP contribution < -0.4 is 0 Å². The first kappa shape index (κ1) is 12.8. The van der Waals surface area contributed by atoms with Crippen LogP contribution in [0.3, 0.4) is 0 Å². The lowest BCUT2D eigenvalue weighted by Crippen LogP contribution is -2.07. The number of aromatic nitrogens is 4. The minimum absolute atomic E-state index is 0.0823. The van der Waals surface area contributed by atoms with Crippen LogP contribution in [0.4, 0.5) is 0 Å². The molecule has 0 saturated carbocycles. The lowest BCUT2D eigenvalue weighted by Gasteiger charge is -2.06. The van der Waals surface area contributed by atoms with Gasteiger partial charge in [-0.3, -0.25) is 4.79 Å². The van der Waals surface area contributed by atoms with Gasteiger partial charge in [-0.2, -0.15) is 0 Å². The van der Waals surface area contributed by atoms with Gasteiger partial charge in [0.15, 0.2) is 5.78 Å². The molecule has 1 heterocycles. The Morgan fingerprint density at radius 3 is 2.72 bits per heavy atom. The smallest absolute Gasteiger partial charge is 0.209 e. The first-order chi connectivity index (χ1) is 8.68. The molecule has 0 aliphatic carbocycles. The molecule has 0 saturated heterocycles. The van der Waals surface area contributed by atoms with Crippen molar-refractivity contribution in [1.29, 1.82) is 0 Å². The highest BCUT2D eigenvalue weighted by Crippen LogP contribution is 2.18. The van der Waals surface area contributed by atoms with Gasteiger partial charge in [-0.25, -0.2) is 4.68 Å². The van der Waals surface area contributed by atoms with Gasteiger partial charge in [0.2, 0.25) is 5.16 Å². The molecule has 1 aromatic carbocycles. The number of ketones is 1. The van der Waals surface area contributed by atoms with Crippen LogP contribution in [0.15, 0.2) is 35.5 Å². The van der Waals surface area contributed by atoms with Crippen molar-refractivity contribution in [3.63, 3.8) is 0 Å². The molecule has 0 aliphatic heterocycles. The third-order valence-corrected chi connectivity index (χ3v) is 3.31. The summed E-state index contributed by atoms with van der Waals surface area (Å²) in [4.78, 5) is 11.9. The second-order valence-electron chi connectivity index (χ2n) is 4.08. The van der Waals surface area contributed by atoms with Crippen molar-refractivity contribution < 1.29 is 4.79 Å². The van der Waals surface area contributed by atoms with Crippen LogP contribution in [0.25, 0.3) is 0 Å². The number of tetrazole rings is 1. The molecule has 0 N–H and O–H groups in total. The number of nitrogens with zero attached hydrogens (tertiary/aromatic N) is 4. The molecule has 0 fully saturated rings. The number of carbonyl (C=O) groups is 1. The zero-order valence-corrected chi connectivity index (χ0v) is 11.1. The van der Waals surface area contributed by atoms with E-state index >= 15 is 0 Å². The van der Waals surface area contributed by atoms with Gasteiger partial charge in [-0.15, -0.1) is 5.10 Å². The van der Waals surface area contributed by atoms with Crippen molar-refractivity contribution in [2.45, 2.75) is 25.0 Å². The second kappa shape index (κ2) is 5.77. The average molecular weight is 262 g/mol. The van der Waals surface area contributed by atoms with Crippen LogP contribution in [-0.2, 0) is 0 Å². The Balaban J connectivity index is 2.00. The molecule has 5 nitrogen and oxygen atoms in total. The third-order valence-electron chi connectivity index (χ3n) is 2.38. The molecule has 0 amide bonds. The van der Waals surface area contributed by atoms with E-state index in [0.29, 0.717) is 16.5 Å². The fourth-order valence-corrected chi connectivity index (χ4v) is 2.34. The molecule has 0 unspecified atom stereocenters. The maximum absolute atomic E-state index is 11.9. The number of thioether (sulfide) groups is 1. The second-order valence-corrected chi connectivity index (χ2v) is 5.02. The van der Waals surface area contributed by atoms with Crippen LogP contribution in [0.5, 0.6) is 0 Å². The number of Topliss-reactive ketones (excluding diaryl/α,β-unsaturated/α-hetero) is 1. The summed E-state index contributed by atoms with van der Waals surface area (Å²) in [5.74, 6) is 0.427. The largest absolute Gasteiger partial charge is 0.293 e. The molecule has 0 atom stereocenters. The molecule has 0 bridgehead atoms. The Kier molecular flexibility index (Phi) is 4.09. The standard InChI is InChI=1S/C12H14N4OS/c1-9(2)16-12(13-14-15-16)18-8-11(17)10-6-4-3-5-7-10/h3-7,9H,8H2,1-2H3. The molecule has 2 rings (SSSR count). The molecular formula is C12H14N4OS. The predicted molar refractivity (Wildman–Crippen MR) is 69.7 cm³/mol. The molecule has 2 aromatic rings. The Labute approximate surface area is 110 Å². The van der Waals surface area contributed by atoms with Gasteiger partial charge in [0.25, 0.3) is 0 Å². The predicted octanol–water partition coefficient (Wildman–Crippen LogP) is 2.23. The summed E-state index contributed by atoms with van der Waals surface area (Å²) >= 11 is 1.36. The molecular weight excluding hydrogens is 248 g/mol. The van der Waals surface area contributed by atoms with Gasteiger partial charge < -0.3 is 0 Å². The van der Waals surface area contributed by atoms with Crippen LogP contribution in [0.1, 0.15) is 30.2 Å². The number of carbonyl (C=O) groups excluding carboxylic acids is 1. The highest BCUT2D eigenvalue weighted by molar-refractivity contribution is 7.99. The molecule has 1 aromatic heterocycles. The molecule has 6 heteroatoms. The zero-order valence-electron chi connectivity index (χ0n) is 10.3. The average Bonchev–Trinajstić information content (AvgIpc) is 2.85. The van der Waals surface area contributed by atoms with Crippen molar-refractivity contribution in [2.24, 2.45) is 0 Å². The van der Waals surface area contributed by atoms with Crippen LogP contribution in [-0.4, -0.2) is 31.7 Å². The van der Waals surface area contributed by atoms with E-state index in [1.54, 1.807) is 4.68 Å². The molecule has 18 heavy (non-hydrogen) atoms. The summed E-state index contributed by atoms with van der Waals surface area (Å²) in [6.07, 6.45) is 0. The Morgan fingerprint density at radius 1 is 1.33 bits per heavy atom. The normalized spacial score (nSPS) is 10.8. The van der Waals surface area contributed by atoms with Crippen molar-refractivity contribution in [3.05, 3.63) is 35.9 Å². The minimum Gasteiger partial charge on any atom is -0.293 e. The number of benzene rings is 1. The summed E-state index contributed by atoms with van der Waals surface area (Å²) in [6, 6.07) is 9.42. The summed E-state index contributed by atoms with van der Waals surface area (Å²) in [7, 11) is 0. The van der Waals surface area contributed by atoms with Crippen LogP contribution in [0, 0.1) is 0 Å². The summed E-state index contributed by atoms with van der Waals surface area (Å²) in [5.41, 5.74) is 0.716. The molecule has 0 radical (unpaired) electrons. The van der Waals surface area contributed by atoms with E-state index in [4.69, 9.17) is 0 Å². The van der Waals surface area contributed by atoms with E-state index < -0.39 is 0 Å². The van der Waals surface area contributed by atoms with Crippen molar-refractivity contribution >= 4 is 17.5 Å². The number of hydrogen-bond donors (Lipinski definition) is 0. The van der Waals surface area contributed by atoms with Crippen molar-refractivity contribution in [3.8, 4) is 0 Å². The fraction of sp³-hybridized carbons (Fsp3) is 0.333. The fourth-order valence-electron chi connectivity index (χ4n) is 1.44. The minimum atomic E-state index is 0.0823. The lowest BCUT2D eigenvalue weighted by molar-refractivity contribution is 0.102. The summed E-state index contributed by atoms with van der Waals surface area (Å²) < 4.78 is 1.71. The van der Waals surface area contributed by atoms with Gasteiger partial charge in [-0.1, -0.05) is 42.1 Å². The van der Waals surface area contributed by atoms with Gasteiger partial charge in [-0.05, 0) is 24.3 Å². The van der Waals surface area contributed by atoms with Crippen LogP contribution >= 0.6 is 11.8 Å². The van der Waals surface area contributed by atoms with Crippen molar-refractivity contribution in [1.82, 2.24) is 20.2 Å². The SMILES string of the molecule is CC(C)n1nnnc1SCC(=O)c1ccccc1. The quantitative estimate of drug-likeness (QED) is 0.611. The topological polar surface area (TPSA) is 60.7 Å². The monoisotopic (exact) mass is 262 g/mol. The van der Waals surface area contributed by atoms with Crippen molar-refractivity contribution in [2.75, 3.05) is 5.75 Å². The van der Waals surface area contributed by atoms with Crippen LogP contribution in [0.2, 0.25) is 0 Å². The highest BCUT2D eigenvalue weighted by atomic mass is 32.2. The summed E-state index contributed by atoms with van der Waals surface area (Å²) in [5, 5.41) is 12.1. The van der Waals surface area contributed by atoms with Gasteiger partial charge in [0.05, 0.1) is 11.8 Å². The first-order valence-corrected chi connectivity index (χ1v) is 6.66. The van der Waals surface area contributed by atoms with Gasteiger partial charge >= 0.3 is 0 Å². The molecule has 94 valence electrons. The highest BCUT2D eigenvalue weighted by Gasteiger charge is 2.12. The van der Waals surface area contributed by atoms with E-state index in [1.807, 2.05) is 44.2 Å². The Bertz CT molecular complexity index is 524. The Morgan fingerprint density at radius 2 is 2.06 bits per heavy atom.